The lowest BCUT2D eigenvalue weighted by Crippen LogP contribution is -2.31. The molecule has 0 bridgehead atoms. The molecular weight excluding hydrogens is 272 g/mol. The number of hydrogen-bond acceptors (Lipinski definition) is 4. The van der Waals surface area contributed by atoms with Crippen LogP contribution in [0.4, 0.5) is 0 Å². The summed E-state index contributed by atoms with van der Waals surface area (Å²) in [4.78, 5) is 13.5. The van der Waals surface area contributed by atoms with Gasteiger partial charge < -0.3 is 15.5 Å². The highest BCUT2D eigenvalue weighted by Gasteiger charge is 2.20. The topological polar surface area (TPSA) is 68.2 Å². The van der Waals surface area contributed by atoms with E-state index < -0.39 is 0 Å². The number of rotatable bonds is 4. The van der Waals surface area contributed by atoms with E-state index >= 15 is 0 Å². The predicted molar refractivity (Wildman–Crippen MR) is 67.5 cm³/mol. The van der Waals surface area contributed by atoms with Crippen molar-refractivity contribution in [2.75, 3.05) is 27.2 Å². The third-order valence-electron chi connectivity index (χ3n) is 2.03. The summed E-state index contributed by atoms with van der Waals surface area (Å²) in [5.74, 6) is -0.259. The summed E-state index contributed by atoms with van der Waals surface area (Å²) in [6.45, 7) is 1.61. The van der Waals surface area contributed by atoms with Crippen LogP contribution < -0.4 is 10.6 Å². The molecule has 1 aliphatic heterocycles. The molecule has 1 heterocycles. The SMILES string of the molecule is CN(C)CCN/C=C1\C(=N)C(Br)=CNC1=O. The number of carbonyl (C=O) groups excluding carboxylic acids is 1. The average molecular weight is 287 g/mol. The molecule has 1 amide bonds. The lowest BCUT2D eigenvalue weighted by atomic mass is 10.1. The molecule has 0 aromatic carbocycles. The number of carbonyl (C=O) groups is 1. The van der Waals surface area contributed by atoms with E-state index in [9.17, 15) is 4.79 Å². The first-order valence-corrected chi connectivity index (χ1v) is 5.66. The normalized spacial score (nSPS) is 18.8. The minimum atomic E-state index is -0.259. The lowest BCUT2D eigenvalue weighted by molar-refractivity contribution is -0.116. The fraction of sp³-hybridized carbons (Fsp3) is 0.400. The highest BCUT2D eigenvalue weighted by molar-refractivity contribution is 9.12. The van der Waals surface area contributed by atoms with Gasteiger partial charge in [0.1, 0.15) is 0 Å². The second-order valence-corrected chi connectivity index (χ2v) is 4.51. The van der Waals surface area contributed by atoms with E-state index in [1.54, 1.807) is 6.20 Å². The first-order chi connectivity index (χ1) is 7.52. The number of likely N-dealkylation sites (N-methyl/N-ethyl adjacent to an activating group) is 1. The predicted octanol–water partition coefficient (Wildman–Crippen LogP) is 0.407. The maximum absolute atomic E-state index is 11.4. The van der Waals surface area contributed by atoms with Crippen molar-refractivity contribution in [3.05, 3.63) is 22.5 Å². The monoisotopic (exact) mass is 286 g/mol. The Labute approximate surface area is 103 Å². The molecule has 5 nitrogen and oxygen atoms in total. The number of amides is 1. The van der Waals surface area contributed by atoms with Crippen LogP contribution in [0.15, 0.2) is 22.5 Å². The van der Waals surface area contributed by atoms with Crippen molar-refractivity contribution in [3.8, 4) is 0 Å². The van der Waals surface area contributed by atoms with Crippen LogP contribution in [-0.2, 0) is 4.79 Å². The summed E-state index contributed by atoms with van der Waals surface area (Å²) in [6.07, 6.45) is 3.05. The molecule has 3 N–H and O–H groups in total. The van der Waals surface area contributed by atoms with Crippen LogP contribution in [0.25, 0.3) is 0 Å². The van der Waals surface area contributed by atoms with Crippen molar-refractivity contribution in [1.29, 1.82) is 5.41 Å². The Kier molecular flexibility index (Phi) is 4.70. The molecule has 1 aliphatic rings. The third kappa shape index (κ3) is 3.46. The quantitative estimate of drug-likeness (QED) is 0.518. The van der Waals surface area contributed by atoms with Crippen molar-refractivity contribution in [1.82, 2.24) is 15.5 Å². The summed E-state index contributed by atoms with van der Waals surface area (Å²) >= 11 is 3.20. The largest absolute Gasteiger partial charge is 0.389 e. The van der Waals surface area contributed by atoms with Gasteiger partial charge in [-0.15, -0.1) is 0 Å². The Morgan fingerprint density at radius 1 is 1.62 bits per heavy atom. The second kappa shape index (κ2) is 5.81. The van der Waals surface area contributed by atoms with Gasteiger partial charge in [0.2, 0.25) is 0 Å². The molecule has 0 aliphatic carbocycles. The van der Waals surface area contributed by atoms with Crippen LogP contribution in [0.2, 0.25) is 0 Å². The molecule has 0 fully saturated rings. The molecule has 0 saturated carbocycles. The van der Waals surface area contributed by atoms with E-state index in [2.05, 4.69) is 26.6 Å². The maximum atomic E-state index is 11.4. The zero-order valence-electron chi connectivity index (χ0n) is 9.30. The van der Waals surface area contributed by atoms with Crippen molar-refractivity contribution < 1.29 is 4.79 Å². The van der Waals surface area contributed by atoms with Crippen molar-refractivity contribution in [2.24, 2.45) is 0 Å². The molecule has 0 spiro atoms. The summed E-state index contributed by atoms with van der Waals surface area (Å²) in [7, 11) is 3.95. The molecule has 0 aromatic rings. The zero-order valence-corrected chi connectivity index (χ0v) is 10.9. The van der Waals surface area contributed by atoms with Gasteiger partial charge in [0, 0.05) is 25.5 Å². The van der Waals surface area contributed by atoms with Crippen LogP contribution in [-0.4, -0.2) is 43.7 Å². The Balaban J connectivity index is 2.58. The van der Waals surface area contributed by atoms with E-state index in [0.717, 1.165) is 13.1 Å². The van der Waals surface area contributed by atoms with Crippen LogP contribution in [0, 0.1) is 5.41 Å². The molecule has 16 heavy (non-hydrogen) atoms. The number of nitrogens with one attached hydrogen (secondary N) is 3. The van der Waals surface area contributed by atoms with Gasteiger partial charge in [-0.05, 0) is 30.0 Å². The average Bonchev–Trinajstić information content (AvgIpc) is 2.22. The molecule has 88 valence electrons. The Bertz CT molecular complexity index is 360. The van der Waals surface area contributed by atoms with Gasteiger partial charge in [-0.25, -0.2) is 0 Å². The summed E-state index contributed by atoms with van der Waals surface area (Å²) < 4.78 is 0.577. The second-order valence-electron chi connectivity index (χ2n) is 3.66. The van der Waals surface area contributed by atoms with Crippen LogP contribution >= 0.6 is 15.9 Å². The summed E-state index contributed by atoms with van der Waals surface area (Å²) in [6, 6.07) is 0. The highest BCUT2D eigenvalue weighted by atomic mass is 79.9. The molecule has 0 radical (unpaired) electrons. The minimum absolute atomic E-state index is 0.195. The van der Waals surface area contributed by atoms with E-state index in [4.69, 9.17) is 5.41 Å². The van der Waals surface area contributed by atoms with Crippen molar-refractivity contribution in [2.45, 2.75) is 0 Å². The van der Waals surface area contributed by atoms with Crippen molar-refractivity contribution in [3.63, 3.8) is 0 Å². The van der Waals surface area contributed by atoms with Gasteiger partial charge in [-0.2, -0.15) is 0 Å². The van der Waals surface area contributed by atoms with Gasteiger partial charge in [0.05, 0.1) is 15.8 Å². The van der Waals surface area contributed by atoms with Crippen molar-refractivity contribution >= 4 is 27.5 Å². The number of nitrogens with zero attached hydrogens (tertiary/aromatic N) is 1. The summed E-state index contributed by atoms with van der Waals surface area (Å²) in [5, 5.41) is 13.3. The molecule has 0 unspecified atom stereocenters. The van der Waals surface area contributed by atoms with E-state index in [1.807, 2.05) is 19.0 Å². The number of allylic oxidation sites excluding steroid dienone is 1. The minimum Gasteiger partial charge on any atom is -0.389 e. The lowest BCUT2D eigenvalue weighted by Gasteiger charge is -2.14. The van der Waals surface area contributed by atoms with Crippen LogP contribution in [0.3, 0.4) is 0 Å². The van der Waals surface area contributed by atoms with E-state index in [-0.39, 0.29) is 11.6 Å². The Morgan fingerprint density at radius 2 is 2.31 bits per heavy atom. The maximum Gasteiger partial charge on any atom is 0.258 e. The van der Waals surface area contributed by atoms with Gasteiger partial charge >= 0.3 is 0 Å². The fourth-order valence-corrected chi connectivity index (χ4v) is 1.45. The van der Waals surface area contributed by atoms with E-state index in [1.165, 1.54) is 6.20 Å². The van der Waals surface area contributed by atoms with Crippen LogP contribution in [0.5, 0.6) is 0 Å². The smallest absolute Gasteiger partial charge is 0.258 e. The zero-order chi connectivity index (χ0) is 12.1. The van der Waals surface area contributed by atoms with Gasteiger partial charge in [0.15, 0.2) is 0 Å². The molecule has 0 atom stereocenters. The summed E-state index contributed by atoms with van der Waals surface area (Å²) in [5.41, 5.74) is 0.536. The highest BCUT2D eigenvalue weighted by Crippen LogP contribution is 2.15. The molecule has 0 saturated heterocycles. The number of halogens is 1. The van der Waals surface area contributed by atoms with Gasteiger partial charge in [0.25, 0.3) is 5.91 Å². The van der Waals surface area contributed by atoms with Gasteiger partial charge in [-0.1, -0.05) is 0 Å². The Morgan fingerprint density at radius 3 is 2.94 bits per heavy atom. The molecule has 1 rings (SSSR count). The number of hydrogen-bond donors (Lipinski definition) is 3. The first kappa shape index (κ1) is 12.9. The van der Waals surface area contributed by atoms with Gasteiger partial charge in [-0.3, -0.25) is 10.2 Å². The molecular formula is C10H15BrN4O. The van der Waals surface area contributed by atoms with E-state index in [0.29, 0.717) is 10.1 Å². The molecule has 6 heteroatoms. The Hall–Kier alpha value is -1.14. The standard InChI is InChI=1S/C10H15BrN4O/c1-15(2)4-3-13-5-7-9(12)8(11)6-14-10(7)16/h5-6,12-13H,3-4H2,1-2H3,(H,14,16)/b7-5+,12-9?. The van der Waals surface area contributed by atoms with Crippen LogP contribution in [0.1, 0.15) is 0 Å². The first-order valence-electron chi connectivity index (χ1n) is 4.86. The molecule has 0 aromatic heterocycles. The fourth-order valence-electron chi connectivity index (χ4n) is 1.12. The third-order valence-corrected chi connectivity index (χ3v) is 2.66.